The molecule has 9 heteroatoms. The number of halogens is 1. The second-order valence-corrected chi connectivity index (χ2v) is 6.81. The molecule has 1 saturated carbocycles. The van der Waals surface area contributed by atoms with Gasteiger partial charge in [-0.2, -0.15) is 0 Å². The van der Waals surface area contributed by atoms with E-state index in [1.54, 1.807) is 7.05 Å². The van der Waals surface area contributed by atoms with Gasteiger partial charge < -0.3 is 25.1 Å². The number of hydrogen-bond acceptors (Lipinski definition) is 5. The lowest BCUT2D eigenvalue weighted by Crippen LogP contribution is -2.36. The van der Waals surface area contributed by atoms with Crippen LogP contribution in [0.1, 0.15) is 35.7 Å². The summed E-state index contributed by atoms with van der Waals surface area (Å²) >= 11 is 0. The molecule has 8 nitrogen and oxygen atoms in total. The monoisotopic (exact) mass is 513 g/mol. The molecule has 3 N–H and O–H groups in total. The van der Waals surface area contributed by atoms with Gasteiger partial charge in [-0.3, -0.25) is 9.79 Å². The number of rotatable bonds is 8. The lowest BCUT2D eigenvalue weighted by atomic mass is 10.2. The van der Waals surface area contributed by atoms with E-state index in [2.05, 4.69) is 25.9 Å². The topological polar surface area (TPSA) is 101 Å². The summed E-state index contributed by atoms with van der Waals surface area (Å²) in [6, 6.07) is 7.98. The van der Waals surface area contributed by atoms with Crippen LogP contribution in [-0.4, -0.2) is 36.5 Å². The van der Waals surface area contributed by atoms with Crippen LogP contribution in [0.4, 0.5) is 0 Å². The molecule has 3 rings (SSSR count). The quantitative estimate of drug-likeness (QED) is 0.285. The average Bonchev–Trinajstić information content (AvgIpc) is 3.44. The van der Waals surface area contributed by atoms with Crippen LogP contribution in [0.25, 0.3) is 0 Å². The number of carbonyl (C=O) groups excluding carboxylic acids is 1. The molecule has 1 aliphatic rings. The molecule has 0 bridgehead atoms. The van der Waals surface area contributed by atoms with Gasteiger partial charge in [-0.05, 0) is 44.4 Å². The van der Waals surface area contributed by atoms with Gasteiger partial charge in [-0.1, -0.05) is 12.1 Å². The smallest absolute Gasteiger partial charge is 0.258 e. The SMILES string of the molecule is CN=C(NCc1cccc(OCC(=O)NC2CC2)c1)NCc1nc(C)c(C)o1.I. The molecule has 0 atom stereocenters. The Kier molecular flexibility index (Phi) is 8.74. The van der Waals surface area contributed by atoms with Crippen molar-refractivity contribution >= 4 is 35.8 Å². The van der Waals surface area contributed by atoms with Crippen LogP contribution in [0, 0.1) is 13.8 Å². The van der Waals surface area contributed by atoms with E-state index in [0.29, 0.717) is 36.7 Å². The first-order valence-corrected chi connectivity index (χ1v) is 9.42. The first-order valence-electron chi connectivity index (χ1n) is 9.42. The Labute approximate surface area is 187 Å². The Morgan fingerprint density at radius 3 is 2.69 bits per heavy atom. The van der Waals surface area contributed by atoms with Gasteiger partial charge in [0.25, 0.3) is 5.91 Å². The van der Waals surface area contributed by atoms with Gasteiger partial charge in [0.15, 0.2) is 12.6 Å². The number of aliphatic imine (C=N–C) groups is 1. The molecule has 1 heterocycles. The van der Waals surface area contributed by atoms with Crippen LogP contribution in [-0.2, 0) is 17.9 Å². The largest absolute Gasteiger partial charge is 0.484 e. The fraction of sp³-hybridized carbons (Fsp3) is 0.450. The highest BCUT2D eigenvalue weighted by Gasteiger charge is 2.23. The minimum atomic E-state index is -0.0763. The summed E-state index contributed by atoms with van der Waals surface area (Å²) in [6.07, 6.45) is 2.13. The van der Waals surface area contributed by atoms with Gasteiger partial charge in [-0.15, -0.1) is 24.0 Å². The van der Waals surface area contributed by atoms with Gasteiger partial charge in [0, 0.05) is 19.6 Å². The Balaban J connectivity index is 0.00000300. The normalized spacial score (nSPS) is 13.4. The number of carbonyl (C=O) groups is 1. The van der Waals surface area contributed by atoms with Crippen molar-refractivity contribution in [1.82, 2.24) is 20.9 Å². The van der Waals surface area contributed by atoms with Crippen LogP contribution in [0.3, 0.4) is 0 Å². The van der Waals surface area contributed by atoms with Crippen LogP contribution in [0.2, 0.25) is 0 Å². The van der Waals surface area contributed by atoms with Gasteiger partial charge in [0.2, 0.25) is 5.89 Å². The zero-order valence-corrected chi connectivity index (χ0v) is 19.3. The lowest BCUT2D eigenvalue weighted by Gasteiger charge is -2.12. The van der Waals surface area contributed by atoms with Crippen molar-refractivity contribution in [2.75, 3.05) is 13.7 Å². The standard InChI is InChI=1S/C20H27N5O3.HI/c1-13-14(2)28-19(24-13)11-23-20(21-3)22-10-15-5-4-6-17(9-15)27-12-18(26)25-16-7-8-16;/h4-6,9,16H,7-8,10-12H2,1-3H3,(H,25,26)(H2,21,22,23);1H. The van der Waals surface area contributed by atoms with Gasteiger partial charge in [0.1, 0.15) is 11.5 Å². The number of guanidine groups is 1. The van der Waals surface area contributed by atoms with Crippen molar-refractivity contribution in [2.24, 2.45) is 4.99 Å². The number of aromatic nitrogens is 1. The highest BCUT2D eigenvalue weighted by molar-refractivity contribution is 14.0. The highest BCUT2D eigenvalue weighted by Crippen LogP contribution is 2.18. The molecular formula is C20H28IN5O3. The predicted octanol–water partition coefficient (Wildman–Crippen LogP) is 2.43. The third-order valence-electron chi connectivity index (χ3n) is 4.37. The van der Waals surface area contributed by atoms with E-state index >= 15 is 0 Å². The van der Waals surface area contributed by atoms with Crippen LogP contribution >= 0.6 is 24.0 Å². The fourth-order valence-electron chi connectivity index (χ4n) is 2.57. The molecule has 0 unspecified atom stereocenters. The second-order valence-electron chi connectivity index (χ2n) is 6.81. The summed E-state index contributed by atoms with van der Waals surface area (Å²) in [4.78, 5) is 20.3. The van der Waals surface area contributed by atoms with Crippen LogP contribution < -0.4 is 20.7 Å². The Morgan fingerprint density at radius 1 is 1.28 bits per heavy atom. The minimum Gasteiger partial charge on any atom is -0.484 e. The zero-order valence-electron chi connectivity index (χ0n) is 16.9. The molecule has 1 aromatic heterocycles. The first-order chi connectivity index (χ1) is 13.5. The molecule has 2 aromatic rings. The predicted molar refractivity (Wildman–Crippen MR) is 122 cm³/mol. The van der Waals surface area contributed by atoms with E-state index in [4.69, 9.17) is 9.15 Å². The van der Waals surface area contributed by atoms with Crippen molar-refractivity contribution in [3.63, 3.8) is 0 Å². The van der Waals surface area contributed by atoms with E-state index in [1.165, 1.54) is 0 Å². The molecule has 0 aliphatic heterocycles. The maximum absolute atomic E-state index is 11.7. The fourth-order valence-corrected chi connectivity index (χ4v) is 2.57. The average molecular weight is 513 g/mol. The van der Waals surface area contributed by atoms with E-state index in [0.717, 1.165) is 29.9 Å². The van der Waals surface area contributed by atoms with Crippen molar-refractivity contribution in [3.8, 4) is 5.75 Å². The minimum absolute atomic E-state index is 0. The Morgan fingerprint density at radius 2 is 2.03 bits per heavy atom. The number of oxazole rings is 1. The molecule has 1 fully saturated rings. The maximum Gasteiger partial charge on any atom is 0.258 e. The van der Waals surface area contributed by atoms with E-state index in [-0.39, 0.29) is 36.5 Å². The van der Waals surface area contributed by atoms with Gasteiger partial charge in [0.05, 0.1) is 12.2 Å². The number of nitrogens with one attached hydrogen (secondary N) is 3. The zero-order chi connectivity index (χ0) is 19.9. The van der Waals surface area contributed by atoms with E-state index in [1.807, 2.05) is 38.1 Å². The summed E-state index contributed by atoms with van der Waals surface area (Å²) in [6.45, 7) is 4.86. The number of amides is 1. The molecule has 0 spiro atoms. The van der Waals surface area contributed by atoms with Gasteiger partial charge >= 0.3 is 0 Å². The number of hydrogen-bond donors (Lipinski definition) is 3. The third kappa shape index (κ3) is 7.56. The van der Waals surface area contributed by atoms with E-state index < -0.39 is 0 Å². The van der Waals surface area contributed by atoms with Crippen LogP contribution in [0.5, 0.6) is 5.75 Å². The molecule has 1 amide bonds. The summed E-state index contributed by atoms with van der Waals surface area (Å²) in [7, 11) is 1.71. The molecule has 1 aliphatic carbocycles. The summed E-state index contributed by atoms with van der Waals surface area (Å²) < 4.78 is 11.1. The number of benzene rings is 1. The van der Waals surface area contributed by atoms with Crippen molar-refractivity contribution in [3.05, 3.63) is 47.2 Å². The summed E-state index contributed by atoms with van der Waals surface area (Å²) in [5.74, 6) is 2.68. The van der Waals surface area contributed by atoms with Crippen LogP contribution in [0.15, 0.2) is 33.7 Å². The van der Waals surface area contributed by atoms with E-state index in [9.17, 15) is 4.79 Å². The Hall–Kier alpha value is -2.30. The van der Waals surface area contributed by atoms with Crippen molar-refractivity contribution < 1.29 is 13.9 Å². The molecule has 0 saturated heterocycles. The first kappa shape index (κ1) is 23.0. The van der Waals surface area contributed by atoms with Crippen molar-refractivity contribution in [1.29, 1.82) is 0 Å². The Bertz CT molecular complexity index is 829. The van der Waals surface area contributed by atoms with Gasteiger partial charge in [-0.25, -0.2) is 4.98 Å². The lowest BCUT2D eigenvalue weighted by molar-refractivity contribution is -0.123. The second kappa shape index (κ2) is 11.0. The summed E-state index contributed by atoms with van der Waals surface area (Å²) in [5.41, 5.74) is 1.91. The maximum atomic E-state index is 11.7. The number of aryl methyl sites for hydroxylation is 2. The highest BCUT2D eigenvalue weighted by atomic mass is 127. The molecule has 158 valence electrons. The summed E-state index contributed by atoms with van der Waals surface area (Å²) in [5, 5.41) is 9.32. The number of ether oxygens (including phenoxy) is 1. The molecule has 0 radical (unpaired) electrons. The van der Waals surface area contributed by atoms with Crippen molar-refractivity contribution in [2.45, 2.75) is 45.8 Å². The third-order valence-corrected chi connectivity index (χ3v) is 4.37. The molecular weight excluding hydrogens is 485 g/mol. The molecule has 29 heavy (non-hydrogen) atoms. The number of nitrogens with zero attached hydrogens (tertiary/aromatic N) is 2. The molecule has 1 aromatic carbocycles.